The van der Waals surface area contributed by atoms with Gasteiger partial charge in [0.1, 0.15) is 11.8 Å². The van der Waals surface area contributed by atoms with Crippen molar-refractivity contribution in [1.29, 1.82) is 5.26 Å². The van der Waals surface area contributed by atoms with Crippen molar-refractivity contribution >= 4 is 28.7 Å². The van der Waals surface area contributed by atoms with Gasteiger partial charge in [0.2, 0.25) is 0 Å². The molecule has 0 aliphatic carbocycles. The standard InChI is InChI=1S/C13H8ClF2N3/c14-8-2-1-7(6-17)12(3-8)19-13-10(15)4-9(18)5-11(13)16/h1-5,19H,18H2. The highest BCUT2D eigenvalue weighted by Crippen LogP contribution is 2.29. The van der Waals surface area contributed by atoms with Crippen LogP contribution in [0.3, 0.4) is 0 Å². The molecule has 0 fully saturated rings. The molecule has 3 nitrogen and oxygen atoms in total. The molecule has 0 aromatic heterocycles. The Balaban J connectivity index is 2.48. The maximum Gasteiger partial charge on any atom is 0.151 e. The first-order valence-electron chi connectivity index (χ1n) is 5.22. The highest BCUT2D eigenvalue weighted by atomic mass is 35.5. The van der Waals surface area contributed by atoms with E-state index in [1.165, 1.54) is 18.2 Å². The first-order chi connectivity index (χ1) is 9.01. The number of nitrogen functional groups attached to an aromatic ring is 1. The van der Waals surface area contributed by atoms with E-state index in [9.17, 15) is 8.78 Å². The third-order valence-electron chi connectivity index (χ3n) is 2.43. The van der Waals surface area contributed by atoms with Gasteiger partial charge in [-0.1, -0.05) is 11.6 Å². The molecule has 0 unspecified atom stereocenters. The van der Waals surface area contributed by atoms with E-state index in [2.05, 4.69) is 5.32 Å². The van der Waals surface area contributed by atoms with Gasteiger partial charge in [-0.25, -0.2) is 8.78 Å². The van der Waals surface area contributed by atoms with Crippen molar-refractivity contribution in [1.82, 2.24) is 0 Å². The second-order valence-electron chi connectivity index (χ2n) is 3.79. The average molecular weight is 280 g/mol. The Bertz CT molecular complexity index is 657. The largest absolute Gasteiger partial charge is 0.399 e. The minimum atomic E-state index is -0.846. The van der Waals surface area contributed by atoms with E-state index >= 15 is 0 Å². The van der Waals surface area contributed by atoms with Gasteiger partial charge in [-0.15, -0.1) is 0 Å². The van der Waals surface area contributed by atoms with Crippen molar-refractivity contribution in [3.8, 4) is 6.07 Å². The summed E-state index contributed by atoms with van der Waals surface area (Å²) in [5.74, 6) is -1.69. The molecule has 0 radical (unpaired) electrons. The summed E-state index contributed by atoms with van der Waals surface area (Å²) in [6.45, 7) is 0. The minimum absolute atomic E-state index is 0.0212. The van der Waals surface area contributed by atoms with Crippen molar-refractivity contribution in [2.24, 2.45) is 0 Å². The molecule has 6 heteroatoms. The zero-order chi connectivity index (χ0) is 14.0. The number of nitriles is 1. The van der Waals surface area contributed by atoms with Gasteiger partial charge in [0.05, 0.1) is 11.3 Å². The fraction of sp³-hybridized carbons (Fsp3) is 0. The molecular weight excluding hydrogens is 272 g/mol. The molecule has 0 aliphatic rings. The summed E-state index contributed by atoms with van der Waals surface area (Å²) < 4.78 is 27.3. The molecule has 0 saturated heterocycles. The van der Waals surface area contributed by atoms with E-state index in [0.29, 0.717) is 5.02 Å². The number of nitrogens with two attached hydrogens (primary N) is 1. The number of rotatable bonds is 2. The molecule has 3 N–H and O–H groups in total. The lowest BCUT2D eigenvalue weighted by Crippen LogP contribution is -2.01. The minimum Gasteiger partial charge on any atom is -0.399 e. The summed E-state index contributed by atoms with van der Waals surface area (Å²) in [6, 6.07) is 8.26. The Morgan fingerprint density at radius 2 is 1.79 bits per heavy atom. The molecule has 19 heavy (non-hydrogen) atoms. The van der Waals surface area contributed by atoms with Gasteiger partial charge in [-0.3, -0.25) is 0 Å². The summed E-state index contributed by atoms with van der Waals surface area (Å²) in [5, 5.41) is 11.8. The molecule has 96 valence electrons. The SMILES string of the molecule is N#Cc1ccc(Cl)cc1Nc1c(F)cc(N)cc1F. The first-order valence-corrected chi connectivity index (χ1v) is 5.60. The zero-order valence-corrected chi connectivity index (χ0v) is 10.3. The lowest BCUT2D eigenvalue weighted by molar-refractivity contribution is 0.592. The average Bonchev–Trinajstić information content (AvgIpc) is 2.34. The van der Waals surface area contributed by atoms with E-state index in [4.69, 9.17) is 22.6 Å². The highest BCUT2D eigenvalue weighted by molar-refractivity contribution is 6.30. The third-order valence-corrected chi connectivity index (χ3v) is 2.66. The normalized spacial score (nSPS) is 10.0. The van der Waals surface area contributed by atoms with Crippen LogP contribution in [0.5, 0.6) is 0 Å². The molecule has 0 heterocycles. The van der Waals surface area contributed by atoms with E-state index in [1.807, 2.05) is 6.07 Å². The van der Waals surface area contributed by atoms with Gasteiger partial charge in [0.15, 0.2) is 11.6 Å². The second kappa shape index (κ2) is 5.12. The van der Waals surface area contributed by atoms with Gasteiger partial charge < -0.3 is 11.1 Å². The summed E-state index contributed by atoms with van der Waals surface area (Å²) >= 11 is 5.79. The van der Waals surface area contributed by atoms with Gasteiger partial charge in [0, 0.05) is 10.7 Å². The van der Waals surface area contributed by atoms with Crippen LogP contribution in [0, 0.1) is 23.0 Å². The van der Waals surface area contributed by atoms with Crippen LogP contribution in [0.1, 0.15) is 5.56 Å². The molecule has 0 spiro atoms. The Morgan fingerprint density at radius 1 is 1.16 bits per heavy atom. The lowest BCUT2D eigenvalue weighted by Gasteiger charge is -2.11. The number of halogens is 3. The smallest absolute Gasteiger partial charge is 0.151 e. The quantitative estimate of drug-likeness (QED) is 0.822. The fourth-order valence-electron chi connectivity index (χ4n) is 1.56. The van der Waals surface area contributed by atoms with Crippen LogP contribution in [-0.4, -0.2) is 0 Å². The molecule has 2 aromatic carbocycles. The second-order valence-corrected chi connectivity index (χ2v) is 4.22. The van der Waals surface area contributed by atoms with E-state index < -0.39 is 11.6 Å². The molecular formula is C13H8ClF2N3. The van der Waals surface area contributed by atoms with Gasteiger partial charge >= 0.3 is 0 Å². The van der Waals surface area contributed by atoms with Crippen molar-refractivity contribution in [2.45, 2.75) is 0 Å². The number of hydrogen-bond acceptors (Lipinski definition) is 3. The van der Waals surface area contributed by atoms with Crippen LogP contribution in [0.15, 0.2) is 30.3 Å². The zero-order valence-electron chi connectivity index (χ0n) is 9.55. The number of nitrogens with one attached hydrogen (secondary N) is 1. The summed E-state index contributed by atoms with van der Waals surface area (Å²) in [6.07, 6.45) is 0. The summed E-state index contributed by atoms with van der Waals surface area (Å²) in [5.41, 5.74) is 5.36. The van der Waals surface area contributed by atoms with Gasteiger partial charge in [-0.05, 0) is 30.3 Å². The van der Waals surface area contributed by atoms with Crippen LogP contribution in [0.25, 0.3) is 0 Å². The van der Waals surface area contributed by atoms with E-state index in [1.54, 1.807) is 0 Å². The maximum absolute atomic E-state index is 13.6. The maximum atomic E-state index is 13.6. The molecule has 0 amide bonds. The number of nitrogens with zero attached hydrogens (tertiary/aromatic N) is 1. The van der Waals surface area contributed by atoms with Crippen molar-refractivity contribution in [3.63, 3.8) is 0 Å². The molecule has 0 saturated carbocycles. The number of hydrogen-bond donors (Lipinski definition) is 2. The summed E-state index contributed by atoms with van der Waals surface area (Å²) in [7, 11) is 0. The first kappa shape index (κ1) is 13.1. The predicted octanol–water partition coefficient (Wildman–Crippen LogP) is 3.82. The fourth-order valence-corrected chi connectivity index (χ4v) is 1.74. The Hall–Kier alpha value is -2.32. The van der Waals surface area contributed by atoms with Gasteiger partial charge in [-0.2, -0.15) is 5.26 Å². The van der Waals surface area contributed by atoms with Crippen molar-refractivity contribution in [3.05, 3.63) is 52.6 Å². The van der Waals surface area contributed by atoms with Crippen molar-refractivity contribution < 1.29 is 8.78 Å². The van der Waals surface area contributed by atoms with E-state index in [-0.39, 0.29) is 22.6 Å². The van der Waals surface area contributed by atoms with Gasteiger partial charge in [0.25, 0.3) is 0 Å². The summed E-state index contributed by atoms with van der Waals surface area (Å²) in [4.78, 5) is 0. The number of benzene rings is 2. The van der Waals surface area contributed by atoms with Crippen LogP contribution in [0.2, 0.25) is 5.02 Å². The molecule has 0 aliphatic heterocycles. The Morgan fingerprint density at radius 3 is 2.37 bits per heavy atom. The topological polar surface area (TPSA) is 61.8 Å². The number of anilines is 3. The molecule has 0 atom stereocenters. The highest BCUT2D eigenvalue weighted by Gasteiger charge is 2.12. The predicted molar refractivity (Wildman–Crippen MR) is 70.2 cm³/mol. The lowest BCUT2D eigenvalue weighted by atomic mass is 10.1. The Kier molecular flexibility index (Phi) is 3.54. The van der Waals surface area contributed by atoms with Crippen LogP contribution in [-0.2, 0) is 0 Å². The molecule has 0 bridgehead atoms. The Labute approximate surface area is 113 Å². The third kappa shape index (κ3) is 2.75. The monoisotopic (exact) mass is 279 g/mol. The van der Waals surface area contributed by atoms with Crippen molar-refractivity contribution in [2.75, 3.05) is 11.1 Å². The van der Waals surface area contributed by atoms with Crippen LogP contribution in [0.4, 0.5) is 25.8 Å². The van der Waals surface area contributed by atoms with Crippen LogP contribution >= 0.6 is 11.6 Å². The van der Waals surface area contributed by atoms with E-state index in [0.717, 1.165) is 12.1 Å². The molecule has 2 aromatic rings. The van der Waals surface area contributed by atoms with Crippen LogP contribution < -0.4 is 11.1 Å². The molecule has 2 rings (SSSR count).